The Hall–Kier alpha value is -1.27. The fourth-order valence-corrected chi connectivity index (χ4v) is 3.99. The molecule has 0 aliphatic carbocycles. The molecular formula is C15H21N3OS2. The molecule has 0 aliphatic rings. The minimum atomic E-state index is -0.0801. The molecule has 2 heterocycles. The van der Waals surface area contributed by atoms with Crippen LogP contribution < -0.4 is 5.32 Å². The van der Waals surface area contributed by atoms with E-state index in [0.717, 1.165) is 29.1 Å². The predicted octanol–water partition coefficient (Wildman–Crippen LogP) is 4.49. The molecular weight excluding hydrogens is 302 g/mol. The molecule has 2 rings (SSSR count). The van der Waals surface area contributed by atoms with Crippen LogP contribution in [0.4, 0.5) is 5.13 Å². The fraction of sp³-hybridized carbons (Fsp3) is 0.533. The Labute approximate surface area is 133 Å². The molecule has 0 bridgehead atoms. The first kappa shape index (κ1) is 16.1. The highest BCUT2D eigenvalue weighted by molar-refractivity contribution is 7.16. The Morgan fingerprint density at radius 3 is 2.62 bits per heavy atom. The molecule has 0 aliphatic heterocycles. The summed E-state index contributed by atoms with van der Waals surface area (Å²) in [4.78, 5) is 14.4. The van der Waals surface area contributed by atoms with E-state index in [1.807, 2.05) is 6.07 Å². The Morgan fingerprint density at radius 2 is 2.05 bits per heavy atom. The average Bonchev–Trinajstić information content (AvgIpc) is 3.06. The van der Waals surface area contributed by atoms with Crippen LogP contribution in [0.25, 0.3) is 0 Å². The number of aromatic nitrogens is 2. The normalized spacial score (nSPS) is 11.1. The zero-order valence-corrected chi connectivity index (χ0v) is 14.5. The maximum atomic E-state index is 12.3. The topological polar surface area (TPSA) is 54.9 Å². The molecule has 0 unspecified atom stereocenters. The Kier molecular flexibility index (Phi) is 5.47. The van der Waals surface area contributed by atoms with E-state index in [0.29, 0.717) is 11.0 Å². The summed E-state index contributed by atoms with van der Waals surface area (Å²) in [6, 6.07) is 2.01. The van der Waals surface area contributed by atoms with Crippen LogP contribution in [0.2, 0.25) is 0 Å². The second-order valence-electron chi connectivity index (χ2n) is 5.22. The zero-order chi connectivity index (χ0) is 15.4. The number of rotatable bonds is 6. The van der Waals surface area contributed by atoms with Crippen LogP contribution in [-0.4, -0.2) is 16.1 Å². The van der Waals surface area contributed by atoms with Crippen LogP contribution in [0.5, 0.6) is 0 Å². The minimum absolute atomic E-state index is 0.0801. The van der Waals surface area contributed by atoms with Gasteiger partial charge >= 0.3 is 0 Å². The summed E-state index contributed by atoms with van der Waals surface area (Å²) in [7, 11) is 0. The van der Waals surface area contributed by atoms with Crippen LogP contribution in [0, 0.1) is 0 Å². The molecule has 1 N–H and O–H groups in total. The number of anilines is 1. The van der Waals surface area contributed by atoms with E-state index < -0.39 is 0 Å². The lowest BCUT2D eigenvalue weighted by atomic mass is 10.1. The molecule has 21 heavy (non-hydrogen) atoms. The average molecular weight is 323 g/mol. The van der Waals surface area contributed by atoms with Gasteiger partial charge in [-0.1, -0.05) is 45.5 Å². The van der Waals surface area contributed by atoms with Gasteiger partial charge in [-0.3, -0.25) is 10.1 Å². The van der Waals surface area contributed by atoms with Gasteiger partial charge in [0.15, 0.2) is 0 Å². The van der Waals surface area contributed by atoms with Gasteiger partial charge < -0.3 is 0 Å². The third kappa shape index (κ3) is 3.89. The maximum absolute atomic E-state index is 12.3. The third-order valence-electron chi connectivity index (χ3n) is 3.13. The SMILES string of the molecule is CCCc1sc(C(=O)Nc2nnc(C(C)C)s2)cc1CC. The van der Waals surface area contributed by atoms with Gasteiger partial charge in [0.25, 0.3) is 5.91 Å². The molecule has 0 spiro atoms. The number of aryl methyl sites for hydroxylation is 2. The van der Waals surface area contributed by atoms with Gasteiger partial charge in [0.2, 0.25) is 5.13 Å². The van der Waals surface area contributed by atoms with E-state index in [9.17, 15) is 4.79 Å². The fourth-order valence-electron chi connectivity index (χ4n) is 1.99. The van der Waals surface area contributed by atoms with Crippen molar-refractivity contribution < 1.29 is 4.79 Å². The third-order valence-corrected chi connectivity index (χ3v) is 5.51. The molecule has 6 heteroatoms. The number of hydrogen-bond donors (Lipinski definition) is 1. The van der Waals surface area contributed by atoms with E-state index in [1.54, 1.807) is 11.3 Å². The summed E-state index contributed by atoms with van der Waals surface area (Å²) in [5.41, 5.74) is 1.28. The molecule has 0 saturated heterocycles. The summed E-state index contributed by atoms with van der Waals surface area (Å²) in [6.07, 6.45) is 3.11. The number of thiophene rings is 1. The van der Waals surface area contributed by atoms with Crippen molar-refractivity contribution in [3.63, 3.8) is 0 Å². The smallest absolute Gasteiger partial charge is 0.267 e. The van der Waals surface area contributed by atoms with E-state index in [2.05, 4.69) is 43.2 Å². The molecule has 114 valence electrons. The van der Waals surface area contributed by atoms with Crippen molar-refractivity contribution in [3.05, 3.63) is 26.4 Å². The van der Waals surface area contributed by atoms with Crippen molar-refractivity contribution in [1.29, 1.82) is 0 Å². The molecule has 0 fully saturated rings. The molecule has 2 aromatic heterocycles. The van der Waals surface area contributed by atoms with Crippen LogP contribution >= 0.6 is 22.7 Å². The summed E-state index contributed by atoms with van der Waals surface area (Å²) < 4.78 is 0. The molecule has 1 amide bonds. The summed E-state index contributed by atoms with van der Waals surface area (Å²) >= 11 is 3.03. The first-order valence-corrected chi connectivity index (χ1v) is 8.94. The van der Waals surface area contributed by atoms with E-state index in [4.69, 9.17) is 0 Å². The van der Waals surface area contributed by atoms with Gasteiger partial charge in [0.05, 0.1) is 4.88 Å². The van der Waals surface area contributed by atoms with Gasteiger partial charge in [-0.15, -0.1) is 21.5 Å². The minimum Gasteiger partial charge on any atom is -0.296 e. The molecule has 0 atom stereocenters. The van der Waals surface area contributed by atoms with Gasteiger partial charge in [0.1, 0.15) is 5.01 Å². The Bertz CT molecular complexity index is 616. The lowest BCUT2D eigenvalue weighted by Gasteiger charge is -1.97. The van der Waals surface area contributed by atoms with Crippen LogP contribution in [0.3, 0.4) is 0 Å². The lowest BCUT2D eigenvalue weighted by Crippen LogP contribution is -2.09. The number of carbonyl (C=O) groups excluding carboxylic acids is 1. The van der Waals surface area contributed by atoms with Crippen molar-refractivity contribution in [1.82, 2.24) is 10.2 Å². The lowest BCUT2D eigenvalue weighted by molar-refractivity contribution is 0.103. The van der Waals surface area contributed by atoms with Gasteiger partial charge in [-0.25, -0.2) is 0 Å². The van der Waals surface area contributed by atoms with Crippen molar-refractivity contribution in [2.45, 2.75) is 52.9 Å². The number of amides is 1. The first-order valence-electron chi connectivity index (χ1n) is 7.31. The van der Waals surface area contributed by atoms with Crippen LogP contribution in [-0.2, 0) is 12.8 Å². The Morgan fingerprint density at radius 1 is 1.29 bits per heavy atom. The van der Waals surface area contributed by atoms with Gasteiger partial charge in [-0.2, -0.15) is 0 Å². The molecule has 4 nitrogen and oxygen atoms in total. The number of carbonyl (C=O) groups is 1. The number of hydrogen-bond acceptors (Lipinski definition) is 5. The van der Waals surface area contributed by atoms with Crippen molar-refractivity contribution in [3.8, 4) is 0 Å². The molecule has 0 aromatic carbocycles. The van der Waals surface area contributed by atoms with Crippen molar-refractivity contribution in [2.75, 3.05) is 5.32 Å². The largest absolute Gasteiger partial charge is 0.296 e. The number of nitrogens with one attached hydrogen (secondary N) is 1. The first-order chi connectivity index (χ1) is 10.0. The molecule has 0 radical (unpaired) electrons. The quantitative estimate of drug-likeness (QED) is 0.852. The highest BCUT2D eigenvalue weighted by Gasteiger charge is 2.16. The second-order valence-corrected chi connectivity index (χ2v) is 7.36. The predicted molar refractivity (Wildman–Crippen MR) is 89.6 cm³/mol. The maximum Gasteiger partial charge on any atom is 0.267 e. The highest BCUT2D eigenvalue weighted by Crippen LogP contribution is 2.27. The highest BCUT2D eigenvalue weighted by atomic mass is 32.1. The monoisotopic (exact) mass is 323 g/mol. The van der Waals surface area contributed by atoms with Gasteiger partial charge in [0, 0.05) is 10.8 Å². The van der Waals surface area contributed by atoms with Crippen molar-refractivity contribution in [2.24, 2.45) is 0 Å². The van der Waals surface area contributed by atoms with Crippen molar-refractivity contribution >= 4 is 33.7 Å². The standard InChI is InChI=1S/C15H21N3OS2/c1-5-7-11-10(6-2)8-12(20-11)13(19)16-15-18-17-14(21-15)9(3)4/h8-9H,5-7H2,1-4H3,(H,16,18,19). The second kappa shape index (κ2) is 7.13. The van der Waals surface area contributed by atoms with E-state index in [1.165, 1.54) is 21.8 Å². The van der Waals surface area contributed by atoms with E-state index in [-0.39, 0.29) is 5.91 Å². The summed E-state index contributed by atoms with van der Waals surface area (Å²) in [6.45, 7) is 8.42. The van der Waals surface area contributed by atoms with Gasteiger partial charge in [-0.05, 0) is 24.5 Å². The molecule has 0 saturated carbocycles. The number of nitrogens with zero attached hydrogens (tertiary/aromatic N) is 2. The summed E-state index contributed by atoms with van der Waals surface area (Å²) in [5.74, 6) is 0.251. The zero-order valence-electron chi connectivity index (χ0n) is 12.9. The summed E-state index contributed by atoms with van der Waals surface area (Å²) in [5, 5.41) is 12.5. The molecule has 2 aromatic rings. The van der Waals surface area contributed by atoms with Crippen LogP contribution in [0.15, 0.2) is 6.07 Å². The van der Waals surface area contributed by atoms with E-state index >= 15 is 0 Å². The van der Waals surface area contributed by atoms with Crippen LogP contribution in [0.1, 0.15) is 65.2 Å². The Balaban J connectivity index is 2.12.